The van der Waals surface area contributed by atoms with Crippen LogP contribution in [0.4, 0.5) is 5.82 Å². The van der Waals surface area contributed by atoms with Crippen LogP contribution >= 0.6 is 0 Å². The van der Waals surface area contributed by atoms with E-state index < -0.39 is 17.2 Å². The molecule has 0 fully saturated rings. The number of carbonyl (C=O) groups is 1. The van der Waals surface area contributed by atoms with Gasteiger partial charge < -0.3 is 10.3 Å². The summed E-state index contributed by atoms with van der Waals surface area (Å²) in [5, 5.41) is 2.88. The SMILES string of the molecule is O=C(Cn1c(=O)[nH]c2ccccc2c1=O)Nc1ccccn1. The van der Waals surface area contributed by atoms with Crippen LogP contribution in [-0.2, 0) is 11.3 Å². The largest absolute Gasteiger partial charge is 0.329 e. The summed E-state index contributed by atoms with van der Waals surface area (Å²) in [6.07, 6.45) is 1.53. The molecule has 3 aromatic rings. The molecule has 3 rings (SSSR count). The van der Waals surface area contributed by atoms with Gasteiger partial charge in [-0.05, 0) is 24.3 Å². The summed E-state index contributed by atoms with van der Waals surface area (Å²) >= 11 is 0. The molecule has 22 heavy (non-hydrogen) atoms. The standard InChI is InChI=1S/C15H12N4O3/c20-13(18-12-7-3-4-8-16-12)9-19-14(21)10-5-1-2-6-11(10)17-15(19)22/h1-8H,9H2,(H,17,22)(H,16,18,20). The molecule has 0 aliphatic rings. The van der Waals surface area contributed by atoms with Crippen molar-refractivity contribution in [2.24, 2.45) is 0 Å². The number of pyridine rings is 1. The number of H-pyrrole nitrogens is 1. The molecule has 2 N–H and O–H groups in total. The van der Waals surface area contributed by atoms with Crippen LogP contribution in [0.1, 0.15) is 0 Å². The summed E-state index contributed by atoms with van der Waals surface area (Å²) in [6, 6.07) is 11.7. The monoisotopic (exact) mass is 296 g/mol. The fraction of sp³-hybridized carbons (Fsp3) is 0.0667. The molecule has 0 unspecified atom stereocenters. The molecule has 0 aliphatic carbocycles. The summed E-state index contributed by atoms with van der Waals surface area (Å²) in [5.74, 6) is -0.139. The Hall–Kier alpha value is -3.22. The van der Waals surface area contributed by atoms with Gasteiger partial charge in [0.05, 0.1) is 10.9 Å². The number of amides is 1. The second kappa shape index (κ2) is 5.65. The van der Waals surface area contributed by atoms with E-state index in [0.717, 1.165) is 4.57 Å². The predicted octanol–water partition coefficient (Wildman–Crippen LogP) is 0.723. The first-order valence-corrected chi connectivity index (χ1v) is 6.58. The zero-order valence-corrected chi connectivity index (χ0v) is 11.4. The van der Waals surface area contributed by atoms with E-state index in [4.69, 9.17) is 0 Å². The Labute approximate surface area is 124 Å². The van der Waals surface area contributed by atoms with Gasteiger partial charge in [0, 0.05) is 6.20 Å². The van der Waals surface area contributed by atoms with Crippen LogP contribution in [-0.4, -0.2) is 20.4 Å². The molecule has 2 heterocycles. The van der Waals surface area contributed by atoms with Gasteiger partial charge in [-0.3, -0.25) is 14.2 Å². The molecular weight excluding hydrogens is 284 g/mol. The van der Waals surface area contributed by atoms with E-state index in [1.54, 1.807) is 42.5 Å². The molecule has 1 amide bonds. The molecule has 2 aromatic heterocycles. The zero-order chi connectivity index (χ0) is 15.5. The summed E-state index contributed by atoms with van der Waals surface area (Å²) < 4.78 is 0.862. The maximum absolute atomic E-state index is 12.3. The number of benzene rings is 1. The van der Waals surface area contributed by atoms with E-state index in [2.05, 4.69) is 15.3 Å². The van der Waals surface area contributed by atoms with E-state index >= 15 is 0 Å². The van der Waals surface area contributed by atoms with Gasteiger partial charge in [-0.2, -0.15) is 0 Å². The van der Waals surface area contributed by atoms with Crippen molar-refractivity contribution >= 4 is 22.6 Å². The maximum Gasteiger partial charge on any atom is 0.329 e. The number of aromatic nitrogens is 3. The van der Waals surface area contributed by atoms with Crippen molar-refractivity contribution in [3.05, 3.63) is 69.5 Å². The minimum atomic E-state index is -0.625. The van der Waals surface area contributed by atoms with E-state index in [0.29, 0.717) is 16.7 Å². The number of anilines is 1. The molecule has 110 valence electrons. The number of fused-ring (bicyclic) bond motifs is 1. The molecular formula is C15H12N4O3. The quantitative estimate of drug-likeness (QED) is 0.744. The number of aromatic amines is 1. The van der Waals surface area contributed by atoms with Crippen LogP contribution in [0.25, 0.3) is 10.9 Å². The first kappa shape index (κ1) is 13.7. The van der Waals surface area contributed by atoms with Gasteiger partial charge in [-0.15, -0.1) is 0 Å². The van der Waals surface area contributed by atoms with E-state index in [-0.39, 0.29) is 6.54 Å². The molecule has 1 aromatic carbocycles. The molecule has 0 saturated heterocycles. The lowest BCUT2D eigenvalue weighted by Crippen LogP contribution is -2.38. The van der Waals surface area contributed by atoms with Crippen LogP contribution in [0.2, 0.25) is 0 Å². The van der Waals surface area contributed by atoms with Crippen molar-refractivity contribution in [1.82, 2.24) is 14.5 Å². The number of nitrogens with one attached hydrogen (secondary N) is 2. The third kappa shape index (κ3) is 2.64. The molecule has 0 bridgehead atoms. The molecule has 0 radical (unpaired) electrons. The Kier molecular flexibility index (Phi) is 3.53. The van der Waals surface area contributed by atoms with E-state index in [1.807, 2.05) is 0 Å². The highest BCUT2D eigenvalue weighted by Gasteiger charge is 2.11. The van der Waals surface area contributed by atoms with Crippen LogP contribution in [0.3, 0.4) is 0 Å². The Bertz CT molecular complexity index is 944. The number of para-hydroxylation sites is 1. The van der Waals surface area contributed by atoms with Crippen LogP contribution < -0.4 is 16.6 Å². The number of carbonyl (C=O) groups excluding carboxylic acids is 1. The first-order chi connectivity index (χ1) is 10.6. The Morgan fingerprint density at radius 3 is 2.68 bits per heavy atom. The lowest BCUT2D eigenvalue weighted by molar-refractivity contribution is -0.116. The molecule has 7 nitrogen and oxygen atoms in total. The topological polar surface area (TPSA) is 96.9 Å². The van der Waals surface area contributed by atoms with Gasteiger partial charge >= 0.3 is 5.69 Å². The van der Waals surface area contributed by atoms with Gasteiger partial charge in [0.1, 0.15) is 12.4 Å². The minimum absolute atomic E-state index is 0.354. The Morgan fingerprint density at radius 1 is 1.14 bits per heavy atom. The summed E-state index contributed by atoms with van der Waals surface area (Å²) in [6.45, 7) is -0.379. The van der Waals surface area contributed by atoms with Gasteiger partial charge in [0.15, 0.2) is 0 Å². The van der Waals surface area contributed by atoms with Crippen molar-refractivity contribution < 1.29 is 4.79 Å². The molecule has 0 spiro atoms. The molecule has 7 heteroatoms. The van der Waals surface area contributed by atoms with Crippen molar-refractivity contribution in [1.29, 1.82) is 0 Å². The summed E-state index contributed by atoms with van der Waals surface area (Å²) in [5.41, 5.74) is -0.686. The lowest BCUT2D eigenvalue weighted by atomic mass is 10.2. The van der Waals surface area contributed by atoms with Crippen molar-refractivity contribution in [3.8, 4) is 0 Å². The third-order valence-corrected chi connectivity index (χ3v) is 3.12. The second-order valence-corrected chi connectivity index (χ2v) is 4.63. The van der Waals surface area contributed by atoms with Gasteiger partial charge in [0.25, 0.3) is 5.56 Å². The molecule has 0 atom stereocenters. The highest BCUT2D eigenvalue weighted by atomic mass is 16.2. The van der Waals surface area contributed by atoms with Crippen molar-refractivity contribution in [2.45, 2.75) is 6.54 Å². The third-order valence-electron chi connectivity index (χ3n) is 3.12. The van der Waals surface area contributed by atoms with Crippen LogP contribution in [0.15, 0.2) is 58.3 Å². The lowest BCUT2D eigenvalue weighted by Gasteiger charge is -2.07. The fourth-order valence-corrected chi connectivity index (χ4v) is 2.11. The number of nitrogens with zero attached hydrogens (tertiary/aromatic N) is 2. The van der Waals surface area contributed by atoms with Crippen LogP contribution in [0.5, 0.6) is 0 Å². The second-order valence-electron chi connectivity index (χ2n) is 4.63. The highest BCUT2D eigenvalue weighted by molar-refractivity contribution is 5.89. The summed E-state index contributed by atoms with van der Waals surface area (Å²) in [7, 11) is 0. The number of hydrogen-bond acceptors (Lipinski definition) is 4. The zero-order valence-electron chi connectivity index (χ0n) is 11.4. The first-order valence-electron chi connectivity index (χ1n) is 6.58. The van der Waals surface area contributed by atoms with Crippen molar-refractivity contribution in [2.75, 3.05) is 5.32 Å². The van der Waals surface area contributed by atoms with E-state index in [1.165, 1.54) is 6.20 Å². The highest BCUT2D eigenvalue weighted by Crippen LogP contribution is 2.03. The fourth-order valence-electron chi connectivity index (χ4n) is 2.11. The van der Waals surface area contributed by atoms with Gasteiger partial charge in [-0.1, -0.05) is 18.2 Å². The summed E-state index contributed by atoms with van der Waals surface area (Å²) in [4.78, 5) is 42.7. The minimum Gasteiger partial charge on any atom is -0.309 e. The van der Waals surface area contributed by atoms with Crippen molar-refractivity contribution in [3.63, 3.8) is 0 Å². The number of hydrogen-bond donors (Lipinski definition) is 2. The van der Waals surface area contributed by atoms with Gasteiger partial charge in [-0.25, -0.2) is 9.78 Å². The molecule has 0 saturated carbocycles. The number of rotatable bonds is 3. The Balaban J connectivity index is 1.92. The maximum atomic E-state index is 12.3. The molecule has 0 aliphatic heterocycles. The predicted molar refractivity (Wildman–Crippen MR) is 81.7 cm³/mol. The van der Waals surface area contributed by atoms with E-state index in [9.17, 15) is 14.4 Å². The van der Waals surface area contributed by atoms with Gasteiger partial charge in [0.2, 0.25) is 5.91 Å². The normalized spacial score (nSPS) is 10.5. The average Bonchev–Trinajstić information content (AvgIpc) is 2.52. The average molecular weight is 296 g/mol. The van der Waals surface area contributed by atoms with Crippen LogP contribution in [0, 0.1) is 0 Å². The smallest absolute Gasteiger partial charge is 0.309 e. The Morgan fingerprint density at radius 2 is 1.91 bits per heavy atom.